The predicted molar refractivity (Wildman–Crippen MR) is 105 cm³/mol. The van der Waals surface area contributed by atoms with Crippen molar-refractivity contribution in [3.05, 3.63) is 42.0 Å². The fourth-order valence-electron chi connectivity index (χ4n) is 3.85. The number of carbonyl (C=O) groups excluding carboxylic acids is 2. The van der Waals surface area contributed by atoms with E-state index < -0.39 is 0 Å². The second kappa shape index (κ2) is 9.58. The number of para-hydroxylation sites is 1. The van der Waals surface area contributed by atoms with E-state index >= 15 is 0 Å². The lowest BCUT2D eigenvalue weighted by Crippen LogP contribution is -2.33. The maximum absolute atomic E-state index is 12.4. The largest absolute Gasteiger partial charge is 0.483 e. The highest BCUT2D eigenvalue weighted by molar-refractivity contribution is 5.78. The molecule has 1 aromatic carbocycles. The van der Waals surface area contributed by atoms with Crippen LogP contribution in [0.3, 0.4) is 0 Å². The Hall–Kier alpha value is -2.30. The van der Waals surface area contributed by atoms with Crippen molar-refractivity contribution in [1.82, 2.24) is 10.2 Å². The molecular formula is C22H30N2O3. The number of nitrogens with zero attached hydrogens (tertiary/aromatic N) is 1. The van der Waals surface area contributed by atoms with Crippen molar-refractivity contribution in [3.63, 3.8) is 0 Å². The van der Waals surface area contributed by atoms with Crippen LogP contribution in [0.1, 0.15) is 57.1 Å². The lowest BCUT2D eigenvalue weighted by atomic mass is 10.0. The van der Waals surface area contributed by atoms with Crippen LogP contribution in [0, 0.1) is 5.92 Å². The van der Waals surface area contributed by atoms with E-state index in [1.54, 1.807) is 0 Å². The lowest BCUT2D eigenvalue weighted by molar-refractivity contribution is -0.132. The highest BCUT2D eigenvalue weighted by Crippen LogP contribution is 2.28. The SMILES string of the molecule is CC[C@@H](NC(=O)C[C@@H]1C=CCC1)c1ccccc1OCC(=O)N1CCCC1. The number of ether oxygens (including phenoxy) is 1. The number of hydrogen-bond donors (Lipinski definition) is 1. The number of benzene rings is 1. The summed E-state index contributed by atoms with van der Waals surface area (Å²) < 4.78 is 5.86. The van der Waals surface area contributed by atoms with E-state index in [0.717, 1.165) is 50.8 Å². The summed E-state index contributed by atoms with van der Waals surface area (Å²) in [5.74, 6) is 1.14. The number of nitrogens with one attached hydrogen (secondary N) is 1. The minimum absolute atomic E-state index is 0.0346. The molecule has 5 heteroatoms. The Morgan fingerprint density at radius 3 is 2.74 bits per heavy atom. The molecule has 0 aromatic heterocycles. The Bertz CT molecular complexity index is 680. The van der Waals surface area contributed by atoms with Crippen molar-refractivity contribution in [3.8, 4) is 5.75 Å². The second-order valence-electron chi connectivity index (χ2n) is 7.41. The zero-order valence-corrected chi connectivity index (χ0v) is 16.2. The summed E-state index contributed by atoms with van der Waals surface area (Å²) in [4.78, 5) is 26.6. The highest BCUT2D eigenvalue weighted by Gasteiger charge is 2.22. The fourth-order valence-corrected chi connectivity index (χ4v) is 3.85. The van der Waals surface area contributed by atoms with Crippen LogP contribution in [0.2, 0.25) is 0 Å². The van der Waals surface area contributed by atoms with Gasteiger partial charge in [-0.05, 0) is 44.1 Å². The third-order valence-electron chi connectivity index (χ3n) is 5.41. The van der Waals surface area contributed by atoms with E-state index in [1.165, 1.54) is 0 Å². The summed E-state index contributed by atoms with van der Waals surface area (Å²) >= 11 is 0. The number of likely N-dealkylation sites (tertiary alicyclic amines) is 1. The van der Waals surface area contributed by atoms with Crippen LogP contribution in [0.15, 0.2) is 36.4 Å². The number of allylic oxidation sites excluding steroid dienone is 2. The van der Waals surface area contributed by atoms with E-state index in [1.807, 2.05) is 36.1 Å². The Morgan fingerprint density at radius 2 is 2.04 bits per heavy atom. The van der Waals surface area contributed by atoms with Gasteiger partial charge in [0, 0.05) is 25.1 Å². The van der Waals surface area contributed by atoms with Crippen molar-refractivity contribution in [1.29, 1.82) is 0 Å². The van der Waals surface area contributed by atoms with Crippen LogP contribution in [0.5, 0.6) is 5.75 Å². The van der Waals surface area contributed by atoms with Crippen molar-refractivity contribution in [2.24, 2.45) is 5.92 Å². The molecule has 0 bridgehead atoms. The molecule has 1 aliphatic carbocycles. The van der Waals surface area contributed by atoms with Crippen molar-refractivity contribution >= 4 is 11.8 Å². The monoisotopic (exact) mass is 370 g/mol. The van der Waals surface area contributed by atoms with Gasteiger partial charge in [-0.15, -0.1) is 0 Å². The molecule has 2 aliphatic rings. The van der Waals surface area contributed by atoms with Crippen LogP contribution >= 0.6 is 0 Å². The van der Waals surface area contributed by atoms with Gasteiger partial charge in [-0.1, -0.05) is 37.3 Å². The van der Waals surface area contributed by atoms with Crippen LogP contribution in [-0.2, 0) is 9.59 Å². The summed E-state index contributed by atoms with van der Waals surface area (Å²) in [6.07, 6.45) is 9.86. The molecule has 0 unspecified atom stereocenters. The molecule has 5 nitrogen and oxygen atoms in total. The first kappa shape index (κ1) is 19.5. The molecule has 1 aliphatic heterocycles. The Labute approximate surface area is 161 Å². The topological polar surface area (TPSA) is 58.6 Å². The van der Waals surface area contributed by atoms with Crippen molar-refractivity contribution in [2.75, 3.05) is 19.7 Å². The van der Waals surface area contributed by atoms with Crippen molar-refractivity contribution < 1.29 is 14.3 Å². The molecule has 1 heterocycles. The first-order valence-electron chi connectivity index (χ1n) is 10.1. The van der Waals surface area contributed by atoms with E-state index in [9.17, 15) is 9.59 Å². The van der Waals surface area contributed by atoms with Gasteiger partial charge in [0.05, 0.1) is 6.04 Å². The van der Waals surface area contributed by atoms with Gasteiger partial charge in [0.15, 0.2) is 6.61 Å². The van der Waals surface area contributed by atoms with Gasteiger partial charge in [0.1, 0.15) is 5.75 Å². The Kier molecular flexibility index (Phi) is 6.91. The van der Waals surface area contributed by atoms with Gasteiger partial charge in [0.2, 0.25) is 5.91 Å². The third kappa shape index (κ3) is 5.34. The number of amides is 2. The van der Waals surface area contributed by atoms with Gasteiger partial charge in [-0.25, -0.2) is 0 Å². The molecule has 2 amide bonds. The molecule has 1 N–H and O–H groups in total. The summed E-state index contributed by atoms with van der Waals surface area (Å²) in [7, 11) is 0. The van der Waals surface area contributed by atoms with Gasteiger partial charge in [-0.3, -0.25) is 9.59 Å². The Morgan fingerprint density at radius 1 is 1.26 bits per heavy atom. The van der Waals surface area contributed by atoms with Crippen LogP contribution in [0.4, 0.5) is 0 Å². The first-order chi connectivity index (χ1) is 13.2. The number of carbonyl (C=O) groups is 2. The maximum Gasteiger partial charge on any atom is 0.260 e. The van der Waals surface area contributed by atoms with Crippen LogP contribution in [-0.4, -0.2) is 36.4 Å². The van der Waals surface area contributed by atoms with E-state index in [4.69, 9.17) is 4.74 Å². The summed E-state index contributed by atoms with van der Waals surface area (Å²) in [6, 6.07) is 7.58. The molecule has 27 heavy (non-hydrogen) atoms. The normalized spacial score (nSPS) is 19.9. The van der Waals surface area contributed by atoms with Gasteiger partial charge in [-0.2, -0.15) is 0 Å². The van der Waals surface area contributed by atoms with E-state index in [0.29, 0.717) is 18.1 Å². The van der Waals surface area contributed by atoms with Gasteiger partial charge in [0.25, 0.3) is 5.91 Å². The van der Waals surface area contributed by atoms with Crippen LogP contribution in [0.25, 0.3) is 0 Å². The standard InChI is InChI=1S/C22H30N2O3/c1-2-19(23-21(25)15-17-9-3-4-10-17)18-11-5-6-12-20(18)27-16-22(26)24-13-7-8-14-24/h3,5-6,9,11-12,17,19H,2,4,7-8,10,13-16H2,1H3,(H,23,25)/t17-,19-/m1/s1. The molecule has 1 fully saturated rings. The average molecular weight is 370 g/mol. The maximum atomic E-state index is 12.4. The fraction of sp³-hybridized carbons (Fsp3) is 0.545. The molecule has 2 atom stereocenters. The molecule has 0 radical (unpaired) electrons. The van der Waals surface area contributed by atoms with E-state index in [-0.39, 0.29) is 24.5 Å². The Balaban J connectivity index is 1.60. The predicted octanol–water partition coefficient (Wildman–Crippen LogP) is 3.61. The zero-order chi connectivity index (χ0) is 19.1. The molecule has 3 rings (SSSR count). The summed E-state index contributed by atoms with van der Waals surface area (Å²) in [5, 5.41) is 3.14. The van der Waals surface area contributed by atoms with Gasteiger partial charge >= 0.3 is 0 Å². The van der Waals surface area contributed by atoms with E-state index in [2.05, 4.69) is 17.5 Å². The molecular weight excluding hydrogens is 340 g/mol. The minimum Gasteiger partial charge on any atom is -0.483 e. The second-order valence-corrected chi connectivity index (χ2v) is 7.41. The molecule has 1 saturated heterocycles. The molecule has 0 saturated carbocycles. The summed E-state index contributed by atoms with van der Waals surface area (Å²) in [5.41, 5.74) is 0.935. The highest BCUT2D eigenvalue weighted by atomic mass is 16.5. The number of rotatable bonds is 8. The lowest BCUT2D eigenvalue weighted by Gasteiger charge is -2.22. The third-order valence-corrected chi connectivity index (χ3v) is 5.41. The molecule has 1 aromatic rings. The molecule has 146 valence electrons. The van der Waals surface area contributed by atoms with Crippen molar-refractivity contribution in [2.45, 2.75) is 51.5 Å². The molecule has 0 spiro atoms. The minimum atomic E-state index is -0.110. The first-order valence-corrected chi connectivity index (χ1v) is 10.1. The average Bonchev–Trinajstić information content (AvgIpc) is 3.38. The van der Waals surface area contributed by atoms with Gasteiger partial charge < -0.3 is 15.0 Å². The zero-order valence-electron chi connectivity index (χ0n) is 16.2. The quantitative estimate of drug-likeness (QED) is 0.711. The summed E-state index contributed by atoms with van der Waals surface area (Å²) in [6.45, 7) is 3.75. The smallest absolute Gasteiger partial charge is 0.260 e. The number of hydrogen-bond acceptors (Lipinski definition) is 3. The van der Waals surface area contributed by atoms with Crippen LogP contribution < -0.4 is 10.1 Å².